The second-order valence-corrected chi connectivity index (χ2v) is 9.18. The molecule has 2 fully saturated rings. The van der Waals surface area contributed by atoms with E-state index >= 15 is 0 Å². The van der Waals surface area contributed by atoms with Gasteiger partial charge in [0.1, 0.15) is 4.90 Å². The summed E-state index contributed by atoms with van der Waals surface area (Å²) in [5.74, 6) is -6.02. The summed E-state index contributed by atoms with van der Waals surface area (Å²) in [7, 11) is -4.48. The molecule has 2 aliphatic rings. The molecule has 174 valence electrons. The lowest BCUT2D eigenvalue weighted by Crippen LogP contribution is -2.49. The number of piperazine rings is 1. The van der Waals surface area contributed by atoms with Gasteiger partial charge in [0.25, 0.3) is 5.95 Å². The number of ether oxygens (including phenoxy) is 2. The zero-order valence-electron chi connectivity index (χ0n) is 17.2. The third-order valence-corrected chi connectivity index (χ3v) is 6.88. The minimum atomic E-state index is -4.48. The van der Waals surface area contributed by atoms with E-state index in [2.05, 4.69) is 4.98 Å². The van der Waals surface area contributed by atoms with Gasteiger partial charge in [0, 0.05) is 45.8 Å². The Kier molecular flexibility index (Phi) is 7.59. The van der Waals surface area contributed by atoms with Crippen LogP contribution in [0.15, 0.2) is 4.90 Å². The van der Waals surface area contributed by atoms with Crippen LogP contribution in [-0.4, -0.2) is 101 Å². The molecular formula is C18H25F3N4O5S. The van der Waals surface area contributed by atoms with Crippen molar-refractivity contribution in [1.82, 2.24) is 14.8 Å². The van der Waals surface area contributed by atoms with Crippen molar-refractivity contribution >= 4 is 21.7 Å². The molecule has 0 aromatic carbocycles. The van der Waals surface area contributed by atoms with Crippen LogP contribution < -0.4 is 4.90 Å². The standard InChI is InChI=1S/C18H25F3N4O5S/c1-2-30-18(26)25-5-3-23(4-6-25)9-12-31(27,28)15-13(19)16(21)22-17(14(15)20)24-7-10-29-11-8-24/h2-12H2,1H3. The molecule has 13 heteroatoms. The third kappa shape index (κ3) is 5.39. The summed E-state index contributed by atoms with van der Waals surface area (Å²) in [5.41, 5.74) is 0. The summed E-state index contributed by atoms with van der Waals surface area (Å²) < 4.78 is 78.9. The van der Waals surface area contributed by atoms with Crippen molar-refractivity contribution in [2.45, 2.75) is 11.8 Å². The lowest BCUT2D eigenvalue weighted by molar-refractivity contribution is 0.0811. The Hall–Kier alpha value is -2.12. The van der Waals surface area contributed by atoms with Crippen LogP contribution >= 0.6 is 0 Å². The second-order valence-electron chi connectivity index (χ2n) is 7.13. The van der Waals surface area contributed by atoms with Crippen LogP contribution in [0.2, 0.25) is 0 Å². The van der Waals surface area contributed by atoms with Crippen molar-refractivity contribution in [1.29, 1.82) is 0 Å². The highest BCUT2D eigenvalue weighted by Crippen LogP contribution is 2.29. The average Bonchev–Trinajstić information content (AvgIpc) is 2.76. The van der Waals surface area contributed by atoms with E-state index in [-0.39, 0.29) is 39.5 Å². The predicted molar refractivity (Wildman–Crippen MR) is 104 cm³/mol. The van der Waals surface area contributed by atoms with Crippen molar-refractivity contribution in [2.24, 2.45) is 0 Å². The van der Waals surface area contributed by atoms with Gasteiger partial charge in [-0.3, -0.25) is 4.90 Å². The third-order valence-electron chi connectivity index (χ3n) is 5.18. The molecular weight excluding hydrogens is 441 g/mol. The topological polar surface area (TPSA) is 92.3 Å². The van der Waals surface area contributed by atoms with Crippen molar-refractivity contribution < 1.29 is 35.9 Å². The highest BCUT2D eigenvalue weighted by molar-refractivity contribution is 7.91. The zero-order valence-corrected chi connectivity index (χ0v) is 18.0. The van der Waals surface area contributed by atoms with Gasteiger partial charge in [-0.25, -0.2) is 22.0 Å². The number of morpholine rings is 1. The number of sulfone groups is 1. The van der Waals surface area contributed by atoms with Crippen LogP contribution in [-0.2, 0) is 19.3 Å². The number of anilines is 1. The Balaban J connectivity index is 1.70. The molecule has 1 aromatic rings. The van der Waals surface area contributed by atoms with E-state index < -0.39 is 50.0 Å². The van der Waals surface area contributed by atoms with E-state index in [0.717, 1.165) is 0 Å². The second kappa shape index (κ2) is 10.0. The van der Waals surface area contributed by atoms with Crippen LogP contribution in [0.5, 0.6) is 0 Å². The highest BCUT2D eigenvalue weighted by Gasteiger charge is 2.33. The molecule has 0 radical (unpaired) electrons. The molecule has 0 saturated carbocycles. The fourth-order valence-electron chi connectivity index (χ4n) is 3.46. The van der Waals surface area contributed by atoms with E-state index in [4.69, 9.17) is 9.47 Å². The Morgan fingerprint density at radius 3 is 2.32 bits per heavy atom. The maximum absolute atomic E-state index is 15.0. The normalized spacial score (nSPS) is 18.3. The summed E-state index contributed by atoms with van der Waals surface area (Å²) in [5, 5.41) is 0. The fraction of sp³-hybridized carbons (Fsp3) is 0.667. The van der Waals surface area contributed by atoms with Crippen molar-refractivity contribution in [3.8, 4) is 0 Å². The number of hydrogen-bond donors (Lipinski definition) is 0. The number of amides is 1. The van der Waals surface area contributed by atoms with Gasteiger partial charge in [-0.05, 0) is 6.92 Å². The molecule has 2 aliphatic heterocycles. The number of pyridine rings is 1. The molecule has 0 aliphatic carbocycles. The van der Waals surface area contributed by atoms with Crippen LogP contribution in [0.25, 0.3) is 0 Å². The zero-order chi connectivity index (χ0) is 22.6. The van der Waals surface area contributed by atoms with Gasteiger partial charge in [0.2, 0.25) is 0 Å². The number of hydrogen-bond acceptors (Lipinski definition) is 8. The number of rotatable bonds is 6. The summed E-state index contributed by atoms with van der Waals surface area (Å²) >= 11 is 0. The Bertz CT molecular complexity index is 904. The molecule has 3 rings (SSSR count). The van der Waals surface area contributed by atoms with Gasteiger partial charge >= 0.3 is 6.09 Å². The van der Waals surface area contributed by atoms with Crippen molar-refractivity contribution in [3.05, 3.63) is 17.6 Å². The average molecular weight is 466 g/mol. The molecule has 0 N–H and O–H groups in total. The summed E-state index contributed by atoms with van der Waals surface area (Å²) in [4.78, 5) is 18.3. The van der Waals surface area contributed by atoms with Crippen LogP contribution in [0, 0.1) is 17.6 Å². The largest absolute Gasteiger partial charge is 0.450 e. The van der Waals surface area contributed by atoms with E-state index in [9.17, 15) is 26.4 Å². The van der Waals surface area contributed by atoms with Gasteiger partial charge in [-0.15, -0.1) is 0 Å². The van der Waals surface area contributed by atoms with E-state index in [1.807, 2.05) is 0 Å². The maximum atomic E-state index is 15.0. The number of nitrogens with zero attached hydrogens (tertiary/aromatic N) is 4. The minimum absolute atomic E-state index is 0.0191. The number of halogens is 3. The molecule has 1 amide bonds. The van der Waals surface area contributed by atoms with E-state index in [0.29, 0.717) is 26.2 Å². The van der Waals surface area contributed by atoms with Gasteiger partial charge < -0.3 is 19.3 Å². The molecule has 3 heterocycles. The first-order valence-electron chi connectivity index (χ1n) is 9.98. The van der Waals surface area contributed by atoms with Crippen molar-refractivity contribution in [3.63, 3.8) is 0 Å². The SMILES string of the molecule is CCOC(=O)N1CCN(CCS(=O)(=O)c2c(F)c(F)nc(N3CCOCC3)c2F)CC1. The first-order valence-corrected chi connectivity index (χ1v) is 11.6. The molecule has 31 heavy (non-hydrogen) atoms. The van der Waals surface area contributed by atoms with Gasteiger partial charge in [0.15, 0.2) is 27.3 Å². The molecule has 0 spiro atoms. The number of carbonyl (C=O) groups excluding carboxylic acids is 1. The van der Waals surface area contributed by atoms with Crippen LogP contribution in [0.4, 0.5) is 23.8 Å². The smallest absolute Gasteiger partial charge is 0.409 e. The molecule has 0 bridgehead atoms. The molecule has 2 saturated heterocycles. The minimum Gasteiger partial charge on any atom is -0.450 e. The Morgan fingerprint density at radius 1 is 1.06 bits per heavy atom. The lowest BCUT2D eigenvalue weighted by atomic mass is 10.3. The van der Waals surface area contributed by atoms with Gasteiger partial charge in [-0.1, -0.05) is 0 Å². The van der Waals surface area contributed by atoms with Gasteiger partial charge in [-0.2, -0.15) is 9.37 Å². The number of aromatic nitrogens is 1. The predicted octanol–water partition coefficient (Wildman–Crippen LogP) is 0.883. The van der Waals surface area contributed by atoms with E-state index in [1.165, 1.54) is 9.80 Å². The molecule has 9 nitrogen and oxygen atoms in total. The summed E-state index contributed by atoms with van der Waals surface area (Å²) in [6.07, 6.45) is -0.443. The first kappa shape index (κ1) is 23.5. The fourth-order valence-corrected chi connectivity index (χ4v) is 4.88. The highest BCUT2D eigenvalue weighted by atomic mass is 32.2. The lowest BCUT2D eigenvalue weighted by Gasteiger charge is -2.33. The molecule has 0 atom stereocenters. The van der Waals surface area contributed by atoms with Crippen LogP contribution in [0.1, 0.15) is 6.92 Å². The Morgan fingerprint density at radius 2 is 1.71 bits per heavy atom. The van der Waals surface area contributed by atoms with Crippen LogP contribution in [0.3, 0.4) is 0 Å². The molecule has 0 unspecified atom stereocenters. The van der Waals surface area contributed by atoms with Crippen molar-refractivity contribution in [2.75, 3.05) is 76.3 Å². The Labute approximate surface area is 178 Å². The number of carbonyl (C=O) groups is 1. The maximum Gasteiger partial charge on any atom is 0.409 e. The quantitative estimate of drug-likeness (QED) is 0.571. The monoisotopic (exact) mass is 466 g/mol. The van der Waals surface area contributed by atoms with E-state index in [1.54, 1.807) is 11.8 Å². The van der Waals surface area contributed by atoms with Gasteiger partial charge in [0.05, 0.1) is 25.6 Å². The summed E-state index contributed by atoms with van der Waals surface area (Å²) in [6.45, 7) is 4.20. The summed E-state index contributed by atoms with van der Waals surface area (Å²) in [6, 6.07) is 0. The first-order chi connectivity index (χ1) is 14.7. The molecule has 1 aromatic heterocycles.